The Morgan fingerprint density at radius 1 is 1.26 bits per heavy atom. The molecule has 1 heterocycles. The highest BCUT2D eigenvalue weighted by Crippen LogP contribution is 2.17. The Balaban J connectivity index is 0.00000264. The lowest BCUT2D eigenvalue weighted by Gasteiger charge is -2.31. The number of carbonyl (C=O) groups is 1. The Labute approximate surface area is 146 Å². The summed E-state index contributed by atoms with van der Waals surface area (Å²) in [5, 5.41) is 3.28. The van der Waals surface area contributed by atoms with Crippen LogP contribution in [-0.2, 0) is 0 Å². The van der Waals surface area contributed by atoms with Crippen molar-refractivity contribution in [3.63, 3.8) is 0 Å². The van der Waals surface area contributed by atoms with Crippen LogP contribution < -0.4 is 10.1 Å². The molecule has 0 atom stereocenters. The minimum atomic E-state index is 0. The van der Waals surface area contributed by atoms with E-state index in [1.54, 1.807) is 0 Å². The number of ether oxygens (including phenoxy) is 1. The van der Waals surface area contributed by atoms with Gasteiger partial charge in [0.1, 0.15) is 5.75 Å². The molecule has 130 valence electrons. The number of rotatable bonds is 6. The molecule has 1 amide bonds. The van der Waals surface area contributed by atoms with Crippen LogP contribution in [0.5, 0.6) is 5.75 Å². The van der Waals surface area contributed by atoms with E-state index in [4.69, 9.17) is 4.74 Å². The normalized spacial score (nSPS) is 15.4. The van der Waals surface area contributed by atoms with Crippen LogP contribution in [0.2, 0.25) is 0 Å². The third-order valence-electron chi connectivity index (χ3n) is 4.26. The maximum absolute atomic E-state index is 12.5. The van der Waals surface area contributed by atoms with Gasteiger partial charge in [0.2, 0.25) is 0 Å². The standard InChI is InChI=1S/C18H28N2O2.ClH/c1-14(2)10-13-22-17-6-4-15(5-7-17)18(21)20-11-8-16(19-3)9-12-20;/h4-7,14,16,19H,8-13H2,1-3H3;1H. The number of halogens is 1. The molecule has 1 saturated heterocycles. The molecule has 1 aromatic carbocycles. The summed E-state index contributed by atoms with van der Waals surface area (Å²) in [7, 11) is 1.99. The summed E-state index contributed by atoms with van der Waals surface area (Å²) in [4.78, 5) is 14.4. The van der Waals surface area contributed by atoms with E-state index in [9.17, 15) is 4.79 Å². The van der Waals surface area contributed by atoms with Crippen LogP contribution in [0, 0.1) is 5.92 Å². The van der Waals surface area contributed by atoms with Crippen molar-refractivity contribution in [3.05, 3.63) is 29.8 Å². The molecule has 23 heavy (non-hydrogen) atoms. The van der Waals surface area contributed by atoms with Crippen molar-refractivity contribution in [2.24, 2.45) is 5.92 Å². The van der Waals surface area contributed by atoms with E-state index in [0.717, 1.165) is 50.3 Å². The highest BCUT2D eigenvalue weighted by Gasteiger charge is 2.22. The zero-order chi connectivity index (χ0) is 15.9. The van der Waals surface area contributed by atoms with E-state index >= 15 is 0 Å². The Morgan fingerprint density at radius 3 is 2.39 bits per heavy atom. The second-order valence-corrected chi connectivity index (χ2v) is 6.41. The van der Waals surface area contributed by atoms with Crippen molar-refractivity contribution in [3.8, 4) is 5.75 Å². The predicted molar refractivity (Wildman–Crippen MR) is 96.6 cm³/mol. The van der Waals surface area contributed by atoms with Crippen LogP contribution in [0.15, 0.2) is 24.3 Å². The lowest BCUT2D eigenvalue weighted by Crippen LogP contribution is -2.43. The molecule has 0 radical (unpaired) electrons. The van der Waals surface area contributed by atoms with Gasteiger partial charge in [0.15, 0.2) is 0 Å². The van der Waals surface area contributed by atoms with Gasteiger partial charge in [-0.1, -0.05) is 13.8 Å². The molecule has 1 aromatic rings. The average Bonchev–Trinajstić information content (AvgIpc) is 2.54. The van der Waals surface area contributed by atoms with Gasteiger partial charge < -0.3 is 15.0 Å². The van der Waals surface area contributed by atoms with Gasteiger partial charge in [-0.3, -0.25) is 4.79 Å². The van der Waals surface area contributed by atoms with Gasteiger partial charge in [0.25, 0.3) is 5.91 Å². The molecule has 0 saturated carbocycles. The van der Waals surface area contributed by atoms with Gasteiger partial charge in [0, 0.05) is 24.7 Å². The first kappa shape index (κ1) is 19.8. The van der Waals surface area contributed by atoms with E-state index in [-0.39, 0.29) is 18.3 Å². The van der Waals surface area contributed by atoms with E-state index in [1.165, 1.54) is 0 Å². The van der Waals surface area contributed by atoms with Crippen molar-refractivity contribution in [2.75, 3.05) is 26.7 Å². The molecule has 0 bridgehead atoms. The van der Waals surface area contributed by atoms with Crippen LogP contribution in [0.1, 0.15) is 43.5 Å². The van der Waals surface area contributed by atoms with Gasteiger partial charge >= 0.3 is 0 Å². The summed E-state index contributed by atoms with van der Waals surface area (Å²) in [5.74, 6) is 1.61. The zero-order valence-corrected chi connectivity index (χ0v) is 15.2. The van der Waals surface area contributed by atoms with Crippen molar-refractivity contribution < 1.29 is 9.53 Å². The topological polar surface area (TPSA) is 41.6 Å². The van der Waals surface area contributed by atoms with Gasteiger partial charge in [-0.25, -0.2) is 0 Å². The minimum absolute atomic E-state index is 0. The van der Waals surface area contributed by atoms with Gasteiger partial charge in [-0.2, -0.15) is 0 Å². The Hall–Kier alpha value is -1.26. The fourth-order valence-electron chi connectivity index (χ4n) is 2.66. The van der Waals surface area contributed by atoms with Crippen molar-refractivity contribution in [1.29, 1.82) is 0 Å². The fraction of sp³-hybridized carbons (Fsp3) is 0.611. The van der Waals surface area contributed by atoms with E-state index in [2.05, 4.69) is 19.2 Å². The third-order valence-corrected chi connectivity index (χ3v) is 4.26. The van der Waals surface area contributed by atoms with Crippen LogP contribution in [0.25, 0.3) is 0 Å². The second-order valence-electron chi connectivity index (χ2n) is 6.41. The molecule has 1 aliphatic heterocycles. The number of benzene rings is 1. The number of carbonyl (C=O) groups excluding carboxylic acids is 1. The Morgan fingerprint density at radius 2 is 1.87 bits per heavy atom. The van der Waals surface area contributed by atoms with Gasteiger partial charge in [-0.15, -0.1) is 12.4 Å². The average molecular weight is 341 g/mol. The first-order chi connectivity index (χ1) is 10.6. The molecule has 4 nitrogen and oxygen atoms in total. The monoisotopic (exact) mass is 340 g/mol. The van der Waals surface area contributed by atoms with Crippen LogP contribution in [0.3, 0.4) is 0 Å². The van der Waals surface area contributed by atoms with Crippen molar-refractivity contribution in [1.82, 2.24) is 10.2 Å². The predicted octanol–water partition coefficient (Wildman–Crippen LogP) is 3.36. The lowest BCUT2D eigenvalue weighted by atomic mass is 10.0. The SMILES string of the molecule is CNC1CCN(C(=O)c2ccc(OCCC(C)C)cc2)CC1.Cl. The summed E-state index contributed by atoms with van der Waals surface area (Å²) in [6, 6.07) is 8.08. The largest absolute Gasteiger partial charge is 0.494 e. The van der Waals surface area contributed by atoms with E-state index < -0.39 is 0 Å². The van der Waals surface area contributed by atoms with Crippen LogP contribution in [-0.4, -0.2) is 43.6 Å². The summed E-state index contributed by atoms with van der Waals surface area (Å²) in [6.07, 6.45) is 3.10. The van der Waals surface area contributed by atoms with Crippen molar-refractivity contribution in [2.45, 2.75) is 39.2 Å². The number of hydrogen-bond donors (Lipinski definition) is 1. The molecule has 1 aliphatic rings. The Kier molecular flexibility index (Phi) is 8.42. The number of nitrogens with zero attached hydrogens (tertiary/aromatic N) is 1. The lowest BCUT2D eigenvalue weighted by molar-refractivity contribution is 0.0707. The third kappa shape index (κ3) is 6.04. The fourth-order valence-corrected chi connectivity index (χ4v) is 2.66. The second kappa shape index (κ2) is 9.78. The van der Waals surface area contributed by atoms with Gasteiger partial charge in [-0.05, 0) is 56.5 Å². The summed E-state index contributed by atoms with van der Waals surface area (Å²) in [6.45, 7) is 6.75. The quantitative estimate of drug-likeness (QED) is 0.863. The van der Waals surface area contributed by atoms with E-state index in [1.807, 2.05) is 36.2 Å². The van der Waals surface area contributed by atoms with Crippen molar-refractivity contribution >= 4 is 18.3 Å². The summed E-state index contributed by atoms with van der Waals surface area (Å²) >= 11 is 0. The number of piperidine rings is 1. The first-order valence-electron chi connectivity index (χ1n) is 8.29. The maximum Gasteiger partial charge on any atom is 0.253 e. The molecule has 5 heteroatoms. The van der Waals surface area contributed by atoms with Gasteiger partial charge in [0.05, 0.1) is 6.61 Å². The molecule has 0 aliphatic carbocycles. The molecular formula is C18H29ClN2O2. The highest BCUT2D eigenvalue weighted by atomic mass is 35.5. The summed E-state index contributed by atoms with van der Waals surface area (Å²) < 4.78 is 5.69. The van der Waals surface area contributed by atoms with E-state index in [0.29, 0.717) is 12.0 Å². The molecule has 1 fully saturated rings. The molecule has 0 aromatic heterocycles. The molecular weight excluding hydrogens is 312 g/mol. The number of hydrogen-bond acceptors (Lipinski definition) is 3. The number of nitrogens with one attached hydrogen (secondary N) is 1. The minimum Gasteiger partial charge on any atom is -0.494 e. The Bertz CT molecular complexity index is 468. The maximum atomic E-state index is 12.5. The molecule has 1 N–H and O–H groups in total. The smallest absolute Gasteiger partial charge is 0.253 e. The number of likely N-dealkylation sites (tertiary alicyclic amines) is 1. The number of amides is 1. The molecule has 2 rings (SSSR count). The van der Waals surface area contributed by atoms with Crippen LogP contribution >= 0.6 is 12.4 Å². The highest BCUT2D eigenvalue weighted by molar-refractivity contribution is 5.94. The van der Waals surface area contributed by atoms with Crippen LogP contribution in [0.4, 0.5) is 0 Å². The zero-order valence-electron chi connectivity index (χ0n) is 14.4. The summed E-state index contributed by atoms with van der Waals surface area (Å²) in [5.41, 5.74) is 0.749. The molecule has 0 unspecified atom stereocenters. The first-order valence-corrected chi connectivity index (χ1v) is 8.29. The molecule has 0 spiro atoms.